The topological polar surface area (TPSA) is 51.5 Å². The van der Waals surface area contributed by atoms with Crippen LogP contribution in [-0.4, -0.2) is 20.3 Å². The van der Waals surface area contributed by atoms with Gasteiger partial charge in [0.1, 0.15) is 25.0 Å². The van der Waals surface area contributed by atoms with Crippen molar-refractivity contribution in [3.63, 3.8) is 0 Å². The van der Waals surface area contributed by atoms with Gasteiger partial charge in [-0.25, -0.2) is 0 Å². The van der Waals surface area contributed by atoms with Gasteiger partial charge in [0.15, 0.2) is 11.5 Å². The van der Waals surface area contributed by atoms with Crippen molar-refractivity contribution in [3.05, 3.63) is 52.6 Å². The van der Waals surface area contributed by atoms with Crippen LogP contribution in [0, 0.1) is 32.1 Å². The van der Waals surface area contributed by atoms with Crippen molar-refractivity contribution in [3.8, 4) is 23.3 Å². The van der Waals surface area contributed by atoms with E-state index in [0.29, 0.717) is 30.3 Å². The van der Waals surface area contributed by atoms with E-state index in [9.17, 15) is 0 Å². The fourth-order valence-corrected chi connectivity index (χ4v) is 2.35. The van der Waals surface area contributed by atoms with Crippen LogP contribution in [0.2, 0.25) is 0 Å². The summed E-state index contributed by atoms with van der Waals surface area (Å²) in [6.07, 6.45) is 0. The Labute approximate surface area is 137 Å². The Morgan fingerprint density at radius 1 is 0.913 bits per heavy atom. The smallest absolute Gasteiger partial charge is 0.179 e. The van der Waals surface area contributed by atoms with Gasteiger partial charge in [-0.15, -0.1) is 0 Å². The molecule has 0 bridgehead atoms. The van der Waals surface area contributed by atoms with Crippen LogP contribution in [0.25, 0.3) is 0 Å². The normalized spacial score (nSPS) is 10.0. The van der Waals surface area contributed by atoms with Crippen molar-refractivity contribution in [2.24, 2.45) is 0 Å². The molecule has 0 saturated carbocycles. The summed E-state index contributed by atoms with van der Waals surface area (Å²) in [6, 6.07) is 11.5. The van der Waals surface area contributed by atoms with E-state index in [1.165, 1.54) is 5.56 Å². The number of hydrogen-bond acceptors (Lipinski definition) is 4. The second-order valence-electron chi connectivity index (χ2n) is 5.30. The molecule has 0 fully saturated rings. The molecule has 0 N–H and O–H groups in total. The SMILES string of the molecule is COc1cccc(C#N)c1OCCOc1c(C)ccc(C)c1C. The lowest BCUT2D eigenvalue weighted by atomic mass is 10.1. The quantitative estimate of drug-likeness (QED) is 0.758. The summed E-state index contributed by atoms with van der Waals surface area (Å²) in [7, 11) is 1.55. The number of rotatable bonds is 6. The first-order valence-electron chi connectivity index (χ1n) is 7.48. The molecule has 0 saturated heterocycles. The highest BCUT2D eigenvalue weighted by atomic mass is 16.5. The minimum Gasteiger partial charge on any atom is -0.493 e. The van der Waals surface area contributed by atoms with Crippen LogP contribution in [0.5, 0.6) is 17.2 Å². The van der Waals surface area contributed by atoms with Crippen molar-refractivity contribution in [2.45, 2.75) is 20.8 Å². The van der Waals surface area contributed by atoms with Gasteiger partial charge in [-0.3, -0.25) is 0 Å². The van der Waals surface area contributed by atoms with Crippen LogP contribution in [0.15, 0.2) is 30.3 Å². The molecule has 4 nitrogen and oxygen atoms in total. The maximum Gasteiger partial charge on any atom is 0.179 e. The molecular weight excluding hydrogens is 290 g/mol. The van der Waals surface area contributed by atoms with E-state index in [-0.39, 0.29) is 0 Å². The molecule has 0 heterocycles. The van der Waals surface area contributed by atoms with Crippen molar-refractivity contribution in [2.75, 3.05) is 20.3 Å². The van der Waals surface area contributed by atoms with Crippen LogP contribution < -0.4 is 14.2 Å². The van der Waals surface area contributed by atoms with Crippen LogP contribution >= 0.6 is 0 Å². The molecular formula is C19H21NO3. The monoisotopic (exact) mass is 311 g/mol. The van der Waals surface area contributed by atoms with Gasteiger partial charge >= 0.3 is 0 Å². The van der Waals surface area contributed by atoms with Gasteiger partial charge in [-0.2, -0.15) is 5.26 Å². The van der Waals surface area contributed by atoms with E-state index < -0.39 is 0 Å². The first-order valence-corrected chi connectivity index (χ1v) is 7.48. The lowest BCUT2D eigenvalue weighted by molar-refractivity contribution is 0.209. The number of hydrogen-bond donors (Lipinski definition) is 0. The molecule has 0 aliphatic rings. The van der Waals surface area contributed by atoms with Crippen LogP contribution in [0.4, 0.5) is 0 Å². The molecule has 0 unspecified atom stereocenters. The molecule has 0 aliphatic heterocycles. The first-order chi connectivity index (χ1) is 11.1. The molecule has 2 aromatic rings. The molecule has 0 radical (unpaired) electrons. The molecule has 23 heavy (non-hydrogen) atoms. The Bertz CT molecular complexity index is 732. The third-order valence-corrected chi connectivity index (χ3v) is 3.77. The number of ether oxygens (including phenoxy) is 3. The summed E-state index contributed by atoms with van der Waals surface area (Å²) in [5.41, 5.74) is 3.89. The standard InChI is InChI=1S/C19H21NO3/c1-13-8-9-14(2)18(15(13)3)22-10-11-23-19-16(12-20)6-5-7-17(19)21-4/h5-9H,10-11H2,1-4H3. The molecule has 2 rings (SSSR count). The molecule has 0 atom stereocenters. The zero-order chi connectivity index (χ0) is 16.8. The van der Waals surface area contributed by atoms with Crippen molar-refractivity contribution in [1.29, 1.82) is 5.26 Å². The predicted octanol–water partition coefficient (Wildman–Crippen LogP) is 3.95. The summed E-state index contributed by atoms with van der Waals surface area (Å²) in [5.74, 6) is 1.90. The zero-order valence-electron chi connectivity index (χ0n) is 14.0. The van der Waals surface area contributed by atoms with Gasteiger partial charge in [0, 0.05) is 0 Å². The molecule has 2 aromatic carbocycles. The number of aryl methyl sites for hydroxylation is 2. The summed E-state index contributed by atoms with van der Waals surface area (Å²) in [5, 5.41) is 9.16. The molecule has 0 amide bonds. The van der Waals surface area contributed by atoms with Gasteiger partial charge in [-0.1, -0.05) is 18.2 Å². The Morgan fingerprint density at radius 3 is 2.22 bits per heavy atom. The minimum atomic E-state index is 0.335. The average Bonchev–Trinajstić information content (AvgIpc) is 2.57. The van der Waals surface area contributed by atoms with E-state index >= 15 is 0 Å². The summed E-state index contributed by atoms with van der Waals surface area (Å²) in [4.78, 5) is 0. The van der Waals surface area contributed by atoms with Gasteiger partial charge in [0.05, 0.1) is 12.7 Å². The lowest BCUT2D eigenvalue weighted by Gasteiger charge is -2.15. The van der Waals surface area contributed by atoms with Gasteiger partial charge < -0.3 is 14.2 Å². The Morgan fingerprint density at radius 2 is 1.57 bits per heavy atom. The molecule has 120 valence electrons. The Kier molecular flexibility index (Phi) is 5.48. The largest absolute Gasteiger partial charge is 0.493 e. The van der Waals surface area contributed by atoms with E-state index in [0.717, 1.165) is 16.9 Å². The van der Waals surface area contributed by atoms with E-state index in [2.05, 4.69) is 19.1 Å². The summed E-state index contributed by atoms with van der Waals surface area (Å²) >= 11 is 0. The fourth-order valence-electron chi connectivity index (χ4n) is 2.35. The highest BCUT2D eigenvalue weighted by Gasteiger charge is 2.11. The number of methoxy groups -OCH3 is 1. The maximum absolute atomic E-state index is 9.16. The van der Waals surface area contributed by atoms with Gasteiger partial charge in [-0.05, 0) is 49.6 Å². The van der Waals surface area contributed by atoms with Crippen molar-refractivity contribution < 1.29 is 14.2 Å². The van der Waals surface area contributed by atoms with E-state index in [1.54, 1.807) is 25.3 Å². The van der Waals surface area contributed by atoms with Gasteiger partial charge in [0.25, 0.3) is 0 Å². The number of benzene rings is 2. The molecule has 0 aliphatic carbocycles. The van der Waals surface area contributed by atoms with Crippen molar-refractivity contribution in [1.82, 2.24) is 0 Å². The second kappa shape index (κ2) is 7.55. The maximum atomic E-state index is 9.16. The van der Waals surface area contributed by atoms with E-state index in [1.807, 2.05) is 19.9 Å². The molecule has 4 heteroatoms. The summed E-state index contributed by atoms with van der Waals surface area (Å²) < 4.78 is 16.8. The Hall–Kier alpha value is -2.67. The van der Waals surface area contributed by atoms with Crippen LogP contribution in [0.3, 0.4) is 0 Å². The number of para-hydroxylation sites is 1. The highest BCUT2D eigenvalue weighted by Crippen LogP contribution is 2.30. The van der Waals surface area contributed by atoms with Crippen molar-refractivity contribution >= 4 is 0 Å². The second-order valence-corrected chi connectivity index (χ2v) is 5.30. The molecule has 0 spiro atoms. The predicted molar refractivity (Wildman–Crippen MR) is 89.4 cm³/mol. The zero-order valence-corrected chi connectivity index (χ0v) is 14.0. The van der Waals surface area contributed by atoms with E-state index in [4.69, 9.17) is 19.5 Å². The number of nitrogens with zero attached hydrogens (tertiary/aromatic N) is 1. The molecule has 0 aromatic heterocycles. The van der Waals surface area contributed by atoms with Gasteiger partial charge in [0.2, 0.25) is 0 Å². The minimum absolute atomic E-state index is 0.335. The lowest BCUT2D eigenvalue weighted by Crippen LogP contribution is -2.11. The first kappa shape index (κ1) is 16.7. The fraction of sp³-hybridized carbons (Fsp3) is 0.316. The third-order valence-electron chi connectivity index (χ3n) is 3.77. The Balaban J connectivity index is 2.02. The highest BCUT2D eigenvalue weighted by molar-refractivity contribution is 5.52. The summed E-state index contributed by atoms with van der Waals surface area (Å²) in [6.45, 7) is 6.87. The average molecular weight is 311 g/mol. The van der Waals surface area contributed by atoms with Crippen LogP contribution in [-0.2, 0) is 0 Å². The van der Waals surface area contributed by atoms with Crippen LogP contribution in [0.1, 0.15) is 22.3 Å². The third kappa shape index (κ3) is 3.75. The number of nitriles is 1.